The lowest BCUT2D eigenvalue weighted by atomic mass is 9.87. The molecule has 220 valence electrons. The number of alkyl halides is 3. The number of rotatable bonds is 9. The number of carbonyl (C=O) groups excluding carboxylic acids is 2. The largest absolute Gasteiger partial charge is 0.497 e. The summed E-state index contributed by atoms with van der Waals surface area (Å²) in [5, 5.41) is 10.9. The van der Waals surface area contributed by atoms with Crippen LogP contribution in [0.25, 0.3) is 0 Å². The second-order valence-electron chi connectivity index (χ2n) is 10.6. The summed E-state index contributed by atoms with van der Waals surface area (Å²) >= 11 is 6.26. The van der Waals surface area contributed by atoms with Crippen molar-refractivity contribution in [3.8, 4) is 5.75 Å². The Balaban J connectivity index is 1.60. The van der Waals surface area contributed by atoms with Crippen LogP contribution in [0.4, 0.5) is 19.0 Å². The molecule has 8 nitrogen and oxygen atoms in total. The molecule has 2 atom stereocenters. The van der Waals surface area contributed by atoms with Gasteiger partial charge in [0.25, 0.3) is 17.4 Å². The first kappa shape index (κ1) is 31.5. The van der Waals surface area contributed by atoms with Crippen LogP contribution in [-0.4, -0.2) is 85.8 Å². The predicted octanol–water partition coefficient (Wildman–Crippen LogP) is 4.60. The summed E-state index contributed by atoms with van der Waals surface area (Å²) in [4.78, 5) is 34.1. The predicted molar refractivity (Wildman–Crippen MR) is 147 cm³/mol. The van der Waals surface area contributed by atoms with Gasteiger partial charge in [-0.05, 0) is 55.4 Å². The van der Waals surface area contributed by atoms with Crippen molar-refractivity contribution in [2.45, 2.75) is 38.0 Å². The molecule has 1 N–H and O–H groups in total. The number of likely N-dealkylation sites (N-methyl/N-ethyl adjacent to an activating group) is 1. The number of aliphatic hydroxyl groups is 1. The highest BCUT2D eigenvalue weighted by Crippen LogP contribution is 2.41. The van der Waals surface area contributed by atoms with Crippen LogP contribution in [0.5, 0.6) is 5.75 Å². The molecule has 3 rings (SSSR count). The number of carbonyl (C=O) groups is 2. The van der Waals surface area contributed by atoms with Gasteiger partial charge in [-0.15, -0.1) is 0 Å². The Kier molecular flexibility index (Phi) is 9.94. The lowest BCUT2D eigenvalue weighted by Crippen LogP contribution is -2.55. The second-order valence-corrected chi connectivity index (χ2v) is 11.0. The zero-order valence-corrected chi connectivity index (χ0v) is 24.1. The summed E-state index contributed by atoms with van der Waals surface area (Å²) in [5.41, 5.74) is -3.95. The summed E-state index contributed by atoms with van der Waals surface area (Å²) < 4.78 is 47.2. The van der Waals surface area contributed by atoms with Gasteiger partial charge in [-0.1, -0.05) is 30.7 Å². The van der Waals surface area contributed by atoms with E-state index in [1.807, 2.05) is 6.92 Å². The number of amides is 2. The number of hydrogen-bond acceptors (Lipinski definition) is 6. The van der Waals surface area contributed by atoms with E-state index in [1.54, 1.807) is 26.2 Å². The fourth-order valence-corrected chi connectivity index (χ4v) is 5.36. The quantitative estimate of drug-likeness (QED) is 0.434. The third-order valence-electron chi connectivity index (χ3n) is 7.28. The molecule has 1 aromatic carbocycles. The van der Waals surface area contributed by atoms with E-state index in [2.05, 4.69) is 9.88 Å². The minimum Gasteiger partial charge on any atom is -0.497 e. The lowest BCUT2D eigenvalue weighted by molar-refractivity contribution is -0.261. The number of pyridine rings is 1. The Morgan fingerprint density at radius 1 is 1.18 bits per heavy atom. The molecule has 0 bridgehead atoms. The third kappa shape index (κ3) is 6.80. The van der Waals surface area contributed by atoms with Gasteiger partial charge in [0.2, 0.25) is 0 Å². The maximum absolute atomic E-state index is 14.1. The zero-order chi connectivity index (χ0) is 29.8. The van der Waals surface area contributed by atoms with Gasteiger partial charge in [0, 0.05) is 46.3 Å². The molecule has 1 aliphatic rings. The van der Waals surface area contributed by atoms with Crippen molar-refractivity contribution in [2.24, 2.45) is 11.8 Å². The van der Waals surface area contributed by atoms with Crippen LogP contribution in [-0.2, 0) is 10.4 Å². The Bertz CT molecular complexity index is 1200. The molecule has 1 unspecified atom stereocenters. The molecule has 1 fully saturated rings. The van der Waals surface area contributed by atoms with Gasteiger partial charge in [0.15, 0.2) is 0 Å². The summed E-state index contributed by atoms with van der Waals surface area (Å²) in [5.74, 6) is -0.671. The number of methoxy groups -OCH3 is 1. The van der Waals surface area contributed by atoms with Crippen LogP contribution >= 0.6 is 11.6 Å². The fraction of sp³-hybridized carbons (Fsp3) is 0.536. The van der Waals surface area contributed by atoms with E-state index in [0.717, 1.165) is 29.9 Å². The van der Waals surface area contributed by atoms with Crippen molar-refractivity contribution in [1.29, 1.82) is 0 Å². The van der Waals surface area contributed by atoms with E-state index in [9.17, 15) is 27.9 Å². The molecular weight excluding hydrogens is 549 g/mol. The molecule has 40 heavy (non-hydrogen) atoms. The van der Waals surface area contributed by atoms with Crippen LogP contribution < -0.4 is 9.64 Å². The van der Waals surface area contributed by atoms with Gasteiger partial charge < -0.3 is 24.5 Å². The van der Waals surface area contributed by atoms with Gasteiger partial charge in [0.05, 0.1) is 12.7 Å². The SMILES string of the molecule is COc1cccc(C(O)(C(=O)N(C)C[C@@H](C)CC2CCN(c3ccc(C(=O)N(C)C)c(Cl)n3)CC2)C(F)(F)F)c1. The van der Waals surface area contributed by atoms with Crippen LogP contribution in [0.2, 0.25) is 5.15 Å². The summed E-state index contributed by atoms with van der Waals surface area (Å²) in [6, 6.07) is 8.26. The van der Waals surface area contributed by atoms with E-state index in [4.69, 9.17) is 16.3 Å². The van der Waals surface area contributed by atoms with Gasteiger partial charge >= 0.3 is 6.18 Å². The highest BCUT2D eigenvalue weighted by atomic mass is 35.5. The molecule has 1 saturated heterocycles. The molecule has 0 spiro atoms. The molecule has 2 heterocycles. The number of halogens is 4. The van der Waals surface area contributed by atoms with Crippen molar-refractivity contribution in [3.05, 3.63) is 52.7 Å². The third-order valence-corrected chi connectivity index (χ3v) is 7.57. The minimum absolute atomic E-state index is 0.0555. The monoisotopic (exact) mass is 584 g/mol. The van der Waals surface area contributed by atoms with Crippen LogP contribution in [0.3, 0.4) is 0 Å². The number of benzene rings is 1. The number of aromatic nitrogens is 1. The average Bonchev–Trinajstić information content (AvgIpc) is 2.91. The fourth-order valence-electron chi connectivity index (χ4n) is 5.13. The Labute approximate surface area is 237 Å². The van der Waals surface area contributed by atoms with Crippen molar-refractivity contribution < 1.29 is 32.6 Å². The van der Waals surface area contributed by atoms with Crippen LogP contribution in [0, 0.1) is 11.8 Å². The van der Waals surface area contributed by atoms with E-state index < -0.39 is 23.2 Å². The summed E-state index contributed by atoms with van der Waals surface area (Å²) in [7, 11) is 5.85. The van der Waals surface area contributed by atoms with Gasteiger partial charge in [-0.25, -0.2) is 4.98 Å². The molecule has 1 aliphatic heterocycles. The Hall–Kier alpha value is -3.05. The number of anilines is 1. The van der Waals surface area contributed by atoms with E-state index in [1.165, 1.54) is 31.2 Å². The molecule has 1 aromatic heterocycles. The number of hydrogen-bond donors (Lipinski definition) is 1. The molecular formula is C28H36ClF3N4O4. The topological polar surface area (TPSA) is 86.2 Å². The first-order valence-electron chi connectivity index (χ1n) is 13.0. The summed E-state index contributed by atoms with van der Waals surface area (Å²) in [6.07, 6.45) is -2.86. The first-order valence-corrected chi connectivity index (χ1v) is 13.4. The van der Waals surface area contributed by atoms with Crippen molar-refractivity contribution in [1.82, 2.24) is 14.8 Å². The van der Waals surface area contributed by atoms with E-state index in [-0.39, 0.29) is 29.3 Å². The highest BCUT2D eigenvalue weighted by Gasteiger charge is 2.61. The van der Waals surface area contributed by atoms with E-state index >= 15 is 0 Å². The van der Waals surface area contributed by atoms with Crippen LogP contribution in [0.15, 0.2) is 36.4 Å². The lowest BCUT2D eigenvalue weighted by Gasteiger charge is -2.36. The molecule has 0 radical (unpaired) electrons. The molecule has 2 aromatic rings. The van der Waals surface area contributed by atoms with Crippen LogP contribution in [0.1, 0.15) is 42.1 Å². The highest BCUT2D eigenvalue weighted by molar-refractivity contribution is 6.32. The first-order chi connectivity index (χ1) is 18.7. The average molecular weight is 585 g/mol. The van der Waals surface area contributed by atoms with Crippen molar-refractivity contribution in [3.63, 3.8) is 0 Å². The number of nitrogens with zero attached hydrogens (tertiary/aromatic N) is 4. The molecule has 0 aliphatic carbocycles. The Morgan fingerprint density at radius 2 is 1.82 bits per heavy atom. The van der Waals surface area contributed by atoms with Gasteiger partial charge in [-0.2, -0.15) is 13.2 Å². The minimum atomic E-state index is -5.23. The number of piperidine rings is 1. The normalized spacial score (nSPS) is 16.7. The zero-order valence-electron chi connectivity index (χ0n) is 23.3. The van der Waals surface area contributed by atoms with Crippen molar-refractivity contribution in [2.75, 3.05) is 52.8 Å². The number of ether oxygens (including phenoxy) is 1. The molecule has 2 amide bonds. The molecule has 12 heteroatoms. The van der Waals surface area contributed by atoms with Gasteiger partial charge in [-0.3, -0.25) is 9.59 Å². The Morgan fingerprint density at radius 3 is 2.38 bits per heavy atom. The second kappa shape index (κ2) is 12.6. The smallest absolute Gasteiger partial charge is 0.430 e. The standard InChI is InChI=1S/C28H36ClF3N4O4/c1-18(17-35(4)26(38)27(39,28(30,31)32)20-7-6-8-21(16-20)40-5)15-19-11-13-36(14-12-19)23-10-9-22(24(29)33-23)25(37)34(2)3/h6-10,16,18-19,39H,11-15,17H2,1-5H3/t18-,27?/m0/s1. The summed E-state index contributed by atoms with van der Waals surface area (Å²) in [6.45, 7) is 3.36. The maximum atomic E-state index is 14.1. The molecule has 0 saturated carbocycles. The van der Waals surface area contributed by atoms with Crippen molar-refractivity contribution >= 4 is 29.2 Å². The maximum Gasteiger partial charge on any atom is 0.430 e. The van der Waals surface area contributed by atoms with Gasteiger partial charge in [0.1, 0.15) is 16.7 Å². The van der Waals surface area contributed by atoms with E-state index in [0.29, 0.717) is 36.8 Å².